The van der Waals surface area contributed by atoms with E-state index in [-0.39, 0.29) is 17.9 Å². The second-order valence-corrected chi connectivity index (χ2v) is 4.95. The molecule has 0 amide bonds. The van der Waals surface area contributed by atoms with Crippen LogP contribution in [0.15, 0.2) is 0 Å². The molecule has 4 nitrogen and oxygen atoms in total. The number of carbonyl (C=O) groups is 1. The van der Waals surface area contributed by atoms with Crippen LogP contribution in [0.5, 0.6) is 0 Å². The minimum absolute atomic E-state index is 0.254. The zero-order valence-corrected chi connectivity index (χ0v) is 8.86. The zero-order valence-electron chi connectivity index (χ0n) is 8.86. The van der Waals surface area contributed by atoms with Gasteiger partial charge in [0.15, 0.2) is 0 Å². The Morgan fingerprint density at radius 2 is 2.00 bits per heavy atom. The number of ether oxygens (including phenoxy) is 1. The Balaban J connectivity index is 2.83. The maximum Gasteiger partial charge on any atom is 0.307 e. The summed E-state index contributed by atoms with van der Waals surface area (Å²) in [5.41, 5.74) is -0.356. The third kappa shape index (κ3) is 2.25. The highest BCUT2D eigenvalue weighted by Gasteiger charge is 2.43. The minimum atomic E-state index is -0.855. The molecule has 1 aliphatic heterocycles. The number of aliphatic hydroxyl groups is 1. The summed E-state index contributed by atoms with van der Waals surface area (Å²) < 4.78 is 5.08. The predicted molar refractivity (Wildman–Crippen MR) is 50.9 cm³/mol. The van der Waals surface area contributed by atoms with Crippen molar-refractivity contribution in [1.82, 2.24) is 0 Å². The highest BCUT2D eigenvalue weighted by Crippen LogP contribution is 2.36. The number of aliphatic carboxylic acids is 1. The second kappa shape index (κ2) is 3.87. The largest absolute Gasteiger partial charge is 0.481 e. The molecule has 0 spiro atoms. The quantitative estimate of drug-likeness (QED) is 0.693. The molecule has 2 N–H and O–H groups in total. The van der Waals surface area contributed by atoms with Crippen molar-refractivity contribution in [3.8, 4) is 0 Å². The monoisotopic (exact) mass is 202 g/mol. The number of aliphatic hydroxyl groups excluding tert-OH is 1. The first-order valence-electron chi connectivity index (χ1n) is 4.82. The SMILES string of the molecule is CC(C)(C)C(C(=O)O)C1COCC1O. The molecule has 82 valence electrons. The summed E-state index contributed by atoms with van der Waals surface area (Å²) in [6, 6.07) is 0. The number of carboxylic acid groups (broad SMARTS) is 1. The molecule has 14 heavy (non-hydrogen) atoms. The van der Waals surface area contributed by atoms with Gasteiger partial charge in [0.2, 0.25) is 0 Å². The van der Waals surface area contributed by atoms with Crippen molar-refractivity contribution in [2.75, 3.05) is 13.2 Å². The highest BCUT2D eigenvalue weighted by molar-refractivity contribution is 5.71. The molecule has 0 aromatic rings. The van der Waals surface area contributed by atoms with Crippen LogP contribution < -0.4 is 0 Å². The van der Waals surface area contributed by atoms with Gasteiger partial charge in [-0.2, -0.15) is 0 Å². The van der Waals surface area contributed by atoms with E-state index in [0.29, 0.717) is 6.61 Å². The molecule has 1 fully saturated rings. The molecular weight excluding hydrogens is 184 g/mol. The van der Waals surface area contributed by atoms with Crippen LogP contribution in [-0.4, -0.2) is 35.5 Å². The van der Waals surface area contributed by atoms with Crippen molar-refractivity contribution in [2.24, 2.45) is 17.3 Å². The standard InChI is InChI=1S/C10H18O4/c1-10(2,3)8(9(12)13)6-4-14-5-7(6)11/h6-8,11H,4-5H2,1-3H3,(H,12,13). The van der Waals surface area contributed by atoms with E-state index in [2.05, 4.69) is 0 Å². The predicted octanol–water partition coefficient (Wildman–Crippen LogP) is 0.741. The molecule has 3 unspecified atom stereocenters. The molecule has 0 aromatic heterocycles. The van der Waals surface area contributed by atoms with E-state index >= 15 is 0 Å². The lowest BCUT2D eigenvalue weighted by atomic mass is 9.72. The lowest BCUT2D eigenvalue weighted by Crippen LogP contribution is -2.40. The van der Waals surface area contributed by atoms with Gasteiger partial charge in [-0.05, 0) is 5.41 Å². The van der Waals surface area contributed by atoms with Crippen molar-refractivity contribution >= 4 is 5.97 Å². The van der Waals surface area contributed by atoms with Crippen LogP contribution in [0.2, 0.25) is 0 Å². The van der Waals surface area contributed by atoms with Crippen molar-refractivity contribution in [3.63, 3.8) is 0 Å². The summed E-state index contributed by atoms with van der Waals surface area (Å²) >= 11 is 0. The Kier molecular flexibility index (Phi) is 3.17. The highest BCUT2D eigenvalue weighted by atomic mass is 16.5. The maximum absolute atomic E-state index is 11.1. The van der Waals surface area contributed by atoms with Crippen molar-refractivity contribution in [2.45, 2.75) is 26.9 Å². The Bertz CT molecular complexity index is 219. The molecule has 0 bridgehead atoms. The van der Waals surface area contributed by atoms with Gasteiger partial charge in [0.05, 0.1) is 25.2 Å². The van der Waals surface area contributed by atoms with E-state index in [1.165, 1.54) is 0 Å². The van der Waals surface area contributed by atoms with Gasteiger partial charge in [0, 0.05) is 5.92 Å². The summed E-state index contributed by atoms with van der Waals surface area (Å²) in [6.07, 6.45) is -0.643. The van der Waals surface area contributed by atoms with Crippen LogP contribution in [0.25, 0.3) is 0 Å². The topological polar surface area (TPSA) is 66.8 Å². The number of carboxylic acids is 1. The summed E-state index contributed by atoms with van der Waals surface area (Å²) in [5, 5.41) is 18.7. The van der Waals surface area contributed by atoms with Gasteiger partial charge in [-0.25, -0.2) is 0 Å². The molecule has 0 aromatic carbocycles. The van der Waals surface area contributed by atoms with Gasteiger partial charge in [-0.1, -0.05) is 20.8 Å². The van der Waals surface area contributed by atoms with E-state index in [0.717, 1.165) is 0 Å². The molecule has 0 radical (unpaired) electrons. The first kappa shape index (κ1) is 11.5. The second-order valence-electron chi connectivity index (χ2n) is 4.95. The molecule has 3 atom stereocenters. The van der Waals surface area contributed by atoms with Crippen molar-refractivity contribution < 1.29 is 19.7 Å². The Morgan fingerprint density at radius 3 is 2.29 bits per heavy atom. The molecule has 1 saturated heterocycles. The Morgan fingerprint density at radius 1 is 1.43 bits per heavy atom. The Labute approximate surface area is 83.9 Å². The molecule has 0 aliphatic carbocycles. The van der Waals surface area contributed by atoms with E-state index in [1.807, 2.05) is 20.8 Å². The molecule has 4 heteroatoms. The fraction of sp³-hybridized carbons (Fsp3) is 0.900. The van der Waals surface area contributed by atoms with E-state index in [9.17, 15) is 9.90 Å². The third-order valence-electron chi connectivity index (χ3n) is 2.72. The average molecular weight is 202 g/mol. The normalized spacial score (nSPS) is 30.3. The van der Waals surface area contributed by atoms with Gasteiger partial charge in [-0.15, -0.1) is 0 Å². The summed E-state index contributed by atoms with van der Waals surface area (Å²) in [5.74, 6) is -1.69. The summed E-state index contributed by atoms with van der Waals surface area (Å²) in [6.45, 7) is 6.21. The molecule has 1 rings (SSSR count). The fourth-order valence-electron chi connectivity index (χ4n) is 2.07. The van der Waals surface area contributed by atoms with Crippen LogP contribution in [-0.2, 0) is 9.53 Å². The smallest absolute Gasteiger partial charge is 0.307 e. The third-order valence-corrected chi connectivity index (χ3v) is 2.72. The van der Waals surface area contributed by atoms with E-state index in [1.54, 1.807) is 0 Å². The number of hydrogen-bond donors (Lipinski definition) is 2. The first-order valence-corrected chi connectivity index (χ1v) is 4.82. The summed E-state index contributed by atoms with van der Waals surface area (Å²) in [7, 11) is 0. The fourth-order valence-corrected chi connectivity index (χ4v) is 2.07. The zero-order chi connectivity index (χ0) is 10.9. The molecule has 1 aliphatic rings. The van der Waals surface area contributed by atoms with E-state index in [4.69, 9.17) is 9.84 Å². The summed E-state index contributed by atoms with van der Waals surface area (Å²) in [4.78, 5) is 11.1. The lowest BCUT2D eigenvalue weighted by molar-refractivity contribution is -0.150. The van der Waals surface area contributed by atoms with Crippen molar-refractivity contribution in [3.05, 3.63) is 0 Å². The minimum Gasteiger partial charge on any atom is -0.481 e. The molecule has 1 heterocycles. The maximum atomic E-state index is 11.1. The van der Waals surface area contributed by atoms with Crippen LogP contribution >= 0.6 is 0 Å². The van der Waals surface area contributed by atoms with Crippen LogP contribution in [0, 0.1) is 17.3 Å². The van der Waals surface area contributed by atoms with Crippen LogP contribution in [0.1, 0.15) is 20.8 Å². The average Bonchev–Trinajstić information content (AvgIpc) is 2.32. The van der Waals surface area contributed by atoms with Crippen LogP contribution in [0.4, 0.5) is 0 Å². The first-order chi connectivity index (χ1) is 6.34. The number of hydrogen-bond acceptors (Lipinski definition) is 3. The van der Waals surface area contributed by atoms with Crippen molar-refractivity contribution in [1.29, 1.82) is 0 Å². The Hall–Kier alpha value is -0.610. The number of rotatable bonds is 2. The van der Waals surface area contributed by atoms with Gasteiger partial charge < -0.3 is 14.9 Å². The lowest BCUT2D eigenvalue weighted by Gasteiger charge is -2.32. The van der Waals surface area contributed by atoms with Crippen LogP contribution in [0.3, 0.4) is 0 Å². The van der Waals surface area contributed by atoms with E-state index < -0.39 is 18.0 Å². The van der Waals surface area contributed by atoms with Gasteiger partial charge in [-0.3, -0.25) is 4.79 Å². The van der Waals surface area contributed by atoms with Gasteiger partial charge in [0.25, 0.3) is 0 Å². The van der Waals surface area contributed by atoms with Gasteiger partial charge in [0.1, 0.15) is 0 Å². The molecule has 0 saturated carbocycles. The van der Waals surface area contributed by atoms with Gasteiger partial charge >= 0.3 is 5.97 Å². The molecular formula is C10H18O4.